The molecule has 1 amide bonds. The average Bonchev–Trinajstić information content (AvgIpc) is 3.97. The molecule has 1 N–H and O–H groups in total. The van der Waals surface area contributed by atoms with Crippen LogP contribution in [0.5, 0.6) is 0 Å². The summed E-state index contributed by atoms with van der Waals surface area (Å²) in [6.07, 6.45) is 0.662. The van der Waals surface area contributed by atoms with E-state index in [2.05, 4.69) is 51.3 Å². The summed E-state index contributed by atoms with van der Waals surface area (Å²) in [5.41, 5.74) is 0.996. The van der Waals surface area contributed by atoms with Crippen molar-refractivity contribution in [3.8, 4) is 0 Å². The van der Waals surface area contributed by atoms with Crippen LogP contribution in [0.15, 0.2) is 43.3 Å². The van der Waals surface area contributed by atoms with Crippen molar-refractivity contribution in [1.29, 1.82) is 2.67 Å². The third kappa shape index (κ3) is 22.5. The van der Waals surface area contributed by atoms with E-state index in [9.17, 15) is 34.6 Å². The molecule has 346 valence electrons. The summed E-state index contributed by atoms with van der Waals surface area (Å²) in [5, 5.41) is 43.8. The number of aliphatic hydroxyl groups is 1. The van der Waals surface area contributed by atoms with Gasteiger partial charge in [-0.2, -0.15) is 0 Å². The van der Waals surface area contributed by atoms with Crippen molar-refractivity contribution in [3.63, 3.8) is 0 Å². The number of aliphatic hydroxyl groups excluding tert-OH is 1. The fourth-order valence-electron chi connectivity index (χ4n) is 4.44. The number of halogens is 2. The van der Waals surface area contributed by atoms with Crippen LogP contribution in [0.2, 0.25) is 0 Å². The number of hydrogen-bond acceptors (Lipinski definition) is 22. The molecule has 0 aliphatic heterocycles. The molecule has 0 radical (unpaired) electrons. The second kappa shape index (κ2) is 33.2. The zero-order chi connectivity index (χ0) is 49.3. The molecule has 0 aliphatic carbocycles. The van der Waals surface area contributed by atoms with Crippen LogP contribution in [-0.2, 0) is 33.3 Å². The van der Waals surface area contributed by atoms with Gasteiger partial charge in [0.25, 0.3) is 0 Å². The zero-order valence-electron chi connectivity index (χ0n) is 37.6. The van der Waals surface area contributed by atoms with E-state index in [-0.39, 0.29) is 65.3 Å². The Labute approximate surface area is 375 Å². The van der Waals surface area contributed by atoms with Crippen LogP contribution in [0.3, 0.4) is 0 Å². The number of amides is 1. The number of methoxy groups -OCH3 is 2. The van der Waals surface area contributed by atoms with E-state index in [1.54, 1.807) is 40.3 Å². The Bertz CT molecular complexity index is 2110. The molecule has 0 fully saturated rings. The fourth-order valence-corrected chi connectivity index (χ4v) is 4.62. The second-order valence-electron chi connectivity index (χ2n) is 12.1. The van der Waals surface area contributed by atoms with Crippen molar-refractivity contribution in [2.75, 3.05) is 97.9 Å². The van der Waals surface area contributed by atoms with Gasteiger partial charge in [-0.1, -0.05) is 13.8 Å². The number of aromatic nitrogens is 4. The van der Waals surface area contributed by atoms with Crippen LogP contribution in [0.1, 0.15) is 26.7 Å². The number of non-ortho nitro benzene ring substituents is 2. The Kier molecular flexibility index (Phi) is 28.3. The number of anilines is 2. The zero-order valence-corrected chi connectivity index (χ0v) is 37.1. The molecule has 2 aromatic heterocycles. The number of carbonyl (C=O) groups excluding carboxylic acids is 3. The molecular weight excluding hydrogens is 881 g/mol. The van der Waals surface area contributed by atoms with E-state index < -0.39 is 26.4 Å². The van der Waals surface area contributed by atoms with Crippen LogP contribution < -0.4 is 9.80 Å². The Morgan fingerprint density at radius 2 is 1.27 bits per heavy atom. The van der Waals surface area contributed by atoms with Gasteiger partial charge in [0.2, 0.25) is 16.3 Å². The predicted molar refractivity (Wildman–Crippen MR) is 233 cm³/mol. The third-order valence-corrected chi connectivity index (χ3v) is 7.71. The van der Waals surface area contributed by atoms with Crippen LogP contribution in [0.25, 0.3) is 22.1 Å². The molecule has 29 heteroatoms. The predicted octanol–water partition coefficient (Wildman–Crippen LogP) is 3.44. The number of nitrogens with zero attached hydrogens (tertiary/aromatic N) is 10. The Morgan fingerprint density at radius 1 is 0.810 bits per heavy atom. The maximum atomic E-state index is 12.2. The van der Waals surface area contributed by atoms with Crippen LogP contribution in [0.4, 0.5) is 27.5 Å². The number of nitro groups is 2. The summed E-state index contributed by atoms with van der Waals surface area (Å²) in [7, 11) is 9.61. The van der Waals surface area contributed by atoms with Crippen LogP contribution in [-0.4, -0.2) is 170 Å². The van der Waals surface area contributed by atoms with E-state index in [4.69, 9.17) is 43.1 Å². The topological polar surface area (TPSA) is 313 Å². The first-order valence-electron chi connectivity index (χ1n) is 19.4. The molecule has 0 bridgehead atoms. The Hall–Kier alpha value is -5.44. The summed E-state index contributed by atoms with van der Waals surface area (Å²) in [5.74, 6) is -0.456. The van der Waals surface area contributed by atoms with Gasteiger partial charge in [-0.25, -0.2) is 9.26 Å². The second-order valence-corrected chi connectivity index (χ2v) is 12.8. The van der Waals surface area contributed by atoms with E-state index in [1.165, 1.54) is 29.2 Å². The minimum atomic E-state index is -0.856. The molecule has 2 aromatic carbocycles. The van der Waals surface area contributed by atoms with Crippen molar-refractivity contribution >= 4 is 99.8 Å². The van der Waals surface area contributed by atoms with E-state index in [0.717, 1.165) is 14.0 Å². The monoisotopic (exact) mass is 932 g/mol. The quantitative estimate of drug-likeness (QED) is 0.0238. The normalized spacial score (nSPS) is 11.7. The summed E-state index contributed by atoms with van der Waals surface area (Å²) in [4.78, 5) is 62.4. The molecule has 2 atom stereocenters. The van der Waals surface area contributed by atoms with Crippen molar-refractivity contribution in [2.24, 2.45) is 9.79 Å². The molecule has 25 nitrogen and oxygen atoms in total. The third-order valence-electron chi connectivity index (χ3n) is 7.49. The number of likely N-dealkylation sites (N-methyl/N-ethyl adjacent to an activating group) is 2. The molecule has 0 saturated carbocycles. The summed E-state index contributed by atoms with van der Waals surface area (Å²) >= 11 is 9.90. The molecule has 4 rings (SSSR count). The first kappa shape index (κ1) is 53.7. The first-order chi connectivity index (χ1) is 31.0. The average molecular weight is 933 g/mol. The van der Waals surface area contributed by atoms with Gasteiger partial charge in [-0.3, -0.25) is 29.8 Å². The maximum absolute atomic E-state index is 12.2. The Balaban J connectivity index is 0.000000921. The fraction of sp³-hybridized carbons (Fsp3) is 0.559. The van der Waals surface area contributed by atoms with Gasteiger partial charge in [0.15, 0.2) is 11.0 Å². The molecule has 63 heavy (non-hydrogen) atoms. The summed E-state index contributed by atoms with van der Waals surface area (Å²) in [6, 6.07) is 5.52. The van der Waals surface area contributed by atoms with Crippen molar-refractivity contribution < 1.29 is 62.3 Å². The molecule has 2 unspecified atom stereocenters. The molecule has 0 spiro atoms. The van der Waals surface area contributed by atoms with Gasteiger partial charge in [-0.15, -0.1) is 0 Å². The van der Waals surface area contributed by atoms with E-state index in [0.29, 0.717) is 58.4 Å². The molecular formula is C34H50B2Cl2N10O15. The van der Waals surface area contributed by atoms with Crippen LogP contribution >= 0.6 is 23.2 Å². The van der Waals surface area contributed by atoms with Crippen LogP contribution in [0, 0.1) is 20.2 Å². The first-order valence-corrected chi connectivity index (χ1v) is 19.0. The van der Waals surface area contributed by atoms with Gasteiger partial charge in [-0.05, 0) is 57.2 Å². The summed E-state index contributed by atoms with van der Waals surface area (Å²) < 4.78 is 46.9. The molecule has 2 heterocycles. The standard InChI is InChI=1S/C16H22N4O7.C9H7ClN4O4.C7H16O3.CHBClNO.CH4BN/c1-4-11(10-25-8-7-24-3)26-14(21)9-19(2)12-5-6-13(20(22)23)16-15(12)17-27-18-16;1-13(4-7(10)15)5-2-3-6(14(16)17)9-8(5)11-18-12-9;1-3-7(8)6-10-5-4-9-2;2-4-1(3)5;1-3-2/h5-6,11H,4,7-10H2,1-3H3;2-3H,4H2,1H3;7-8H,3-6H2,1-2H3;2H;2H,1H3/i;;;2*2D. The Morgan fingerprint density at radius 3 is 1.63 bits per heavy atom. The SMILES string of the molecule is CCC(COCCOC)OC(=O)CN(C)c1ccc([N+](=O)[O-])c2nonc12.CCC(O)COCCOC.CN(CC(=O)Cl)c1ccc([N+](=O)[O-])c2nonc12.[2H]B=NC.[2H]B=NC(=O)Cl. The number of rotatable bonds is 21. The number of ether oxygens (including phenoxy) is 5. The van der Waals surface area contributed by atoms with Gasteiger partial charge in [0, 0.05) is 40.4 Å². The van der Waals surface area contributed by atoms with Gasteiger partial charge >= 0.3 is 73.8 Å². The number of carbonyl (C=O) groups is 3. The van der Waals surface area contributed by atoms with Gasteiger partial charge in [0.1, 0.15) is 12.6 Å². The number of benzene rings is 2. The van der Waals surface area contributed by atoms with E-state index in [1.807, 2.05) is 13.8 Å². The number of hydrogen-bond donors (Lipinski definition) is 1. The van der Waals surface area contributed by atoms with Gasteiger partial charge < -0.3 is 38.6 Å². The minimum absolute atomic E-state index is 0.0238. The van der Waals surface area contributed by atoms with Gasteiger partial charge in [0.05, 0.1) is 73.5 Å². The van der Waals surface area contributed by atoms with Crippen molar-refractivity contribution in [1.82, 2.24) is 20.6 Å². The number of fused-ring (bicyclic) bond motifs is 2. The number of nitro benzene ring substituents is 2. The number of esters is 1. The summed E-state index contributed by atoms with van der Waals surface area (Å²) in [6.45, 7) is 6.43. The molecule has 4 aromatic rings. The molecule has 0 saturated heterocycles. The van der Waals surface area contributed by atoms with E-state index >= 15 is 0 Å². The van der Waals surface area contributed by atoms with Crippen molar-refractivity contribution in [3.05, 3.63) is 44.5 Å². The molecule has 0 aliphatic rings. The van der Waals surface area contributed by atoms with Crippen molar-refractivity contribution in [2.45, 2.75) is 38.9 Å².